The number of fused-ring (bicyclic) bond motifs is 1. The molecule has 1 unspecified atom stereocenters. The van der Waals surface area contributed by atoms with Gasteiger partial charge in [0, 0.05) is 35.3 Å². The molecule has 1 amide bonds. The highest BCUT2D eigenvalue weighted by molar-refractivity contribution is 5.95. The maximum Gasteiger partial charge on any atom is 0.270 e. The summed E-state index contributed by atoms with van der Waals surface area (Å²) in [6.45, 7) is 14.3. The van der Waals surface area contributed by atoms with Crippen LogP contribution in [0.4, 0.5) is 8.78 Å². The summed E-state index contributed by atoms with van der Waals surface area (Å²) in [6.07, 6.45) is 9.63. The third kappa shape index (κ3) is 7.70. The monoisotopic (exact) mass is 494 g/mol. The first-order valence-electron chi connectivity index (χ1n) is 12.1. The van der Waals surface area contributed by atoms with E-state index in [4.69, 9.17) is 0 Å². The average Bonchev–Trinajstić information content (AvgIpc) is 3.33. The third-order valence-electron chi connectivity index (χ3n) is 6.04. The topological polar surface area (TPSA) is 70.7 Å². The van der Waals surface area contributed by atoms with Gasteiger partial charge in [0.05, 0.1) is 6.20 Å². The van der Waals surface area contributed by atoms with Crippen molar-refractivity contribution in [2.75, 3.05) is 0 Å². The van der Waals surface area contributed by atoms with Crippen LogP contribution in [-0.2, 0) is 6.42 Å². The molecule has 0 aliphatic heterocycles. The number of carbonyl (C=O) groups is 1. The number of H-pyrrole nitrogens is 1. The fourth-order valence-corrected chi connectivity index (χ4v) is 3.65. The van der Waals surface area contributed by atoms with Crippen LogP contribution in [0.25, 0.3) is 11.0 Å². The van der Waals surface area contributed by atoms with Crippen molar-refractivity contribution in [3.8, 4) is 0 Å². The molecule has 7 heteroatoms. The molecule has 2 heterocycles. The molecule has 2 N–H and O–H groups in total. The van der Waals surface area contributed by atoms with Gasteiger partial charge in [0.2, 0.25) is 0 Å². The van der Waals surface area contributed by atoms with Gasteiger partial charge in [-0.2, -0.15) is 5.10 Å². The minimum atomic E-state index is -2.98. The Morgan fingerprint density at radius 2 is 1.97 bits per heavy atom. The predicted octanol–water partition coefficient (Wildman–Crippen LogP) is 7.43. The molecule has 0 aliphatic rings. The van der Waals surface area contributed by atoms with E-state index < -0.39 is 5.92 Å². The molecule has 0 saturated carbocycles. The molecule has 192 valence electrons. The summed E-state index contributed by atoms with van der Waals surface area (Å²) in [5.41, 5.74) is 4.92. The van der Waals surface area contributed by atoms with Crippen LogP contribution in [0, 0.1) is 6.92 Å². The Morgan fingerprint density at radius 1 is 1.25 bits per heavy atom. The van der Waals surface area contributed by atoms with Gasteiger partial charge in [-0.3, -0.25) is 9.89 Å². The lowest BCUT2D eigenvalue weighted by Crippen LogP contribution is -2.23. The van der Waals surface area contributed by atoms with Crippen LogP contribution >= 0.6 is 0 Å². The lowest BCUT2D eigenvalue weighted by Gasteiger charge is -2.15. The largest absolute Gasteiger partial charge is 0.322 e. The molecule has 1 aromatic carbocycles. The van der Waals surface area contributed by atoms with E-state index in [1.54, 1.807) is 12.3 Å². The standard InChI is InChI=1S/C21H27F2NO.C8H9N3/c1-7-14(4)19-11-10-16(12-15(19)5)20(25)24-18(9-3)13-17(8-2)21(6,22)23;1-2-6-3-7-5-10-11-8(7)9-4-6/h8-14H,3,7H2,1-2,4-6H3,(H,24,25);3-5H,2H2,1H3,(H,9,10,11)/b17-8+,18-13+;. The molecule has 0 aliphatic carbocycles. The van der Waals surface area contributed by atoms with Crippen LogP contribution < -0.4 is 5.32 Å². The van der Waals surface area contributed by atoms with Crippen LogP contribution in [0.1, 0.15) is 74.0 Å². The number of alkyl halides is 2. The number of aryl methyl sites for hydroxylation is 2. The molecule has 0 bridgehead atoms. The molecule has 0 fully saturated rings. The van der Waals surface area contributed by atoms with E-state index in [0.717, 1.165) is 36.4 Å². The zero-order valence-electron chi connectivity index (χ0n) is 22.0. The number of halogens is 2. The van der Waals surface area contributed by atoms with E-state index in [1.165, 1.54) is 36.3 Å². The number of aromatic nitrogens is 3. The molecular formula is C29H36F2N4O. The fourth-order valence-electron chi connectivity index (χ4n) is 3.65. The van der Waals surface area contributed by atoms with Crippen LogP contribution in [0.2, 0.25) is 0 Å². The normalized spacial score (nSPS) is 13.1. The Kier molecular flexibility index (Phi) is 10.3. The van der Waals surface area contributed by atoms with Crippen molar-refractivity contribution in [1.82, 2.24) is 20.5 Å². The maximum absolute atomic E-state index is 13.5. The number of allylic oxidation sites excluding steroid dienone is 4. The Bertz CT molecular complexity index is 1250. The predicted molar refractivity (Wildman–Crippen MR) is 143 cm³/mol. The first-order chi connectivity index (χ1) is 17.0. The zero-order chi connectivity index (χ0) is 26.9. The molecule has 3 aromatic rings. The Balaban J connectivity index is 0.000000340. The number of amides is 1. The lowest BCUT2D eigenvalue weighted by molar-refractivity contribution is 0.0671. The fraction of sp³-hybridized carbons (Fsp3) is 0.345. The summed E-state index contributed by atoms with van der Waals surface area (Å²) in [5.74, 6) is -2.91. The first kappa shape index (κ1) is 28.6. The Labute approximate surface area is 212 Å². The summed E-state index contributed by atoms with van der Waals surface area (Å²) in [5, 5.41) is 10.4. The molecule has 5 nitrogen and oxygen atoms in total. The maximum atomic E-state index is 13.5. The van der Waals surface area contributed by atoms with Crippen molar-refractivity contribution < 1.29 is 13.6 Å². The van der Waals surface area contributed by atoms with Crippen molar-refractivity contribution >= 4 is 16.9 Å². The number of benzene rings is 1. The quantitative estimate of drug-likeness (QED) is 0.320. The van der Waals surface area contributed by atoms with Crippen LogP contribution in [0.5, 0.6) is 0 Å². The van der Waals surface area contributed by atoms with Crippen LogP contribution in [0.3, 0.4) is 0 Å². The third-order valence-corrected chi connectivity index (χ3v) is 6.04. The summed E-state index contributed by atoms with van der Waals surface area (Å²) >= 11 is 0. The first-order valence-corrected chi connectivity index (χ1v) is 12.1. The molecule has 1 atom stereocenters. The van der Waals surface area contributed by atoms with Gasteiger partial charge in [-0.15, -0.1) is 0 Å². The van der Waals surface area contributed by atoms with E-state index in [9.17, 15) is 13.6 Å². The number of nitrogens with zero attached hydrogens (tertiary/aromatic N) is 2. The summed E-state index contributed by atoms with van der Waals surface area (Å²) in [7, 11) is 0. The Morgan fingerprint density at radius 3 is 2.53 bits per heavy atom. The van der Waals surface area contributed by atoms with Gasteiger partial charge < -0.3 is 5.32 Å². The number of nitrogens with one attached hydrogen (secondary N) is 2. The highest BCUT2D eigenvalue weighted by Gasteiger charge is 2.25. The minimum absolute atomic E-state index is 0.175. The van der Waals surface area contributed by atoms with Gasteiger partial charge in [-0.1, -0.05) is 39.5 Å². The number of pyridine rings is 1. The summed E-state index contributed by atoms with van der Waals surface area (Å²) < 4.78 is 27.0. The van der Waals surface area contributed by atoms with Crippen molar-refractivity contribution in [3.63, 3.8) is 0 Å². The van der Waals surface area contributed by atoms with E-state index >= 15 is 0 Å². The summed E-state index contributed by atoms with van der Waals surface area (Å²) in [6, 6.07) is 7.64. The van der Waals surface area contributed by atoms with Gasteiger partial charge in [0.25, 0.3) is 11.8 Å². The molecular weight excluding hydrogens is 458 g/mol. The van der Waals surface area contributed by atoms with Crippen molar-refractivity contribution in [2.45, 2.75) is 66.2 Å². The second kappa shape index (κ2) is 12.9. The number of aromatic amines is 1. The number of carbonyl (C=O) groups excluding carboxylic acids is 1. The highest BCUT2D eigenvalue weighted by Crippen LogP contribution is 2.25. The molecule has 2 aromatic heterocycles. The smallest absolute Gasteiger partial charge is 0.270 e. The van der Waals surface area contributed by atoms with Crippen molar-refractivity contribution in [1.29, 1.82) is 0 Å². The summed E-state index contributed by atoms with van der Waals surface area (Å²) in [4.78, 5) is 16.6. The molecule has 36 heavy (non-hydrogen) atoms. The zero-order valence-corrected chi connectivity index (χ0v) is 22.0. The van der Waals surface area contributed by atoms with Crippen molar-refractivity contribution in [2.24, 2.45) is 0 Å². The minimum Gasteiger partial charge on any atom is -0.322 e. The van der Waals surface area contributed by atoms with Gasteiger partial charge in [0.15, 0.2) is 5.65 Å². The second-order valence-corrected chi connectivity index (χ2v) is 8.78. The van der Waals surface area contributed by atoms with Gasteiger partial charge >= 0.3 is 0 Å². The molecule has 0 spiro atoms. The molecule has 3 rings (SSSR count). The lowest BCUT2D eigenvalue weighted by atomic mass is 9.93. The number of rotatable bonds is 8. The van der Waals surface area contributed by atoms with Gasteiger partial charge in [0.1, 0.15) is 0 Å². The van der Waals surface area contributed by atoms with Crippen molar-refractivity contribution in [3.05, 3.63) is 95.0 Å². The van der Waals surface area contributed by atoms with Gasteiger partial charge in [-0.25, -0.2) is 13.8 Å². The number of hydrogen-bond donors (Lipinski definition) is 2. The SMILES string of the molecule is C=C/C(=C\C(=C/C)C(C)(F)F)NC(=O)c1ccc(C(C)CC)c(C)c1.CCc1cnc2[nH]ncc2c1. The molecule has 0 saturated heterocycles. The van der Waals surface area contributed by atoms with E-state index in [-0.39, 0.29) is 17.2 Å². The Hall–Kier alpha value is -3.61. The van der Waals surface area contributed by atoms with Crippen LogP contribution in [0.15, 0.2) is 72.7 Å². The van der Waals surface area contributed by atoms with E-state index in [2.05, 4.69) is 53.9 Å². The average molecular weight is 495 g/mol. The van der Waals surface area contributed by atoms with E-state index in [1.807, 2.05) is 25.3 Å². The number of hydrogen-bond acceptors (Lipinski definition) is 3. The van der Waals surface area contributed by atoms with Crippen LogP contribution in [-0.4, -0.2) is 27.0 Å². The second-order valence-electron chi connectivity index (χ2n) is 8.78. The highest BCUT2D eigenvalue weighted by atomic mass is 19.3. The van der Waals surface area contributed by atoms with Gasteiger partial charge in [-0.05, 0) is 79.6 Å². The van der Waals surface area contributed by atoms with E-state index in [0.29, 0.717) is 11.5 Å². The molecule has 0 radical (unpaired) electrons.